The Hall–Kier alpha value is -2.73. The number of rotatable bonds is 4. The predicted molar refractivity (Wildman–Crippen MR) is 126 cm³/mol. The molecule has 0 radical (unpaired) electrons. The number of carbonyl (C=O) groups excluding carboxylic acids is 1. The van der Waals surface area contributed by atoms with Crippen LogP contribution >= 0.6 is 0 Å². The van der Waals surface area contributed by atoms with Gasteiger partial charge in [-0.1, -0.05) is 54.8 Å². The van der Waals surface area contributed by atoms with Crippen molar-refractivity contribution in [1.29, 1.82) is 0 Å². The monoisotopic (exact) mass is 432 g/mol. The van der Waals surface area contributed by atoms with Crippen LogP contribution in [0.4, 0.5) is 0 Å². The summed E-state index contributed by atoms with van der Waals surface area (Å²) >= 11 is 0. The van der Waals surface area contributed by atoms with E-state index in [1.165, 1.54) is 38.6 Å². The molecule has 1 saturated carbocycles. The van der Waals surface area contributed by atoms with Crippen molar-refractivity contribution >= 4 is 17.0 Å². The van der Waals surface area contributed by atoms with Crippen molar-refractivity contribution < 1.29 is 9.32 Å². The number of fused-ring (bicyclic) bond motifs is 1. The molecular weight excluding hydrogens is 400 g/mol. The van der Waals surface area contributed by atoms with Gasteiger partial charge < -0.3 is 14.3 Å². The second kappa shape index (κ2) is 9.41. The molecule has 0 atom stereocenters. The van der Waals surface area contributed by atoms with Crippen LogP contribution in [0.2, 0.25) is 0 Å². The van der Waals surface area contributed by atoms with E-state index >= 15 is 0 Å². The lowest BCUT2D eigenvalue weighted by molar-refractivity contribution is 0.0761. The maximum atomic E-state index is 13.7. The van der Waals surface area contributed by atoms with Gasteiger partial charge in [0.25, 0.3) is 11.6 Å². The van der Waals surface area contributed by atoms with E-state index in [1.54, 1.807) is 0 Å². The van der Waals surface area contributed by atoms with Gasteiger partial charge in [-0.3, -0.25) is 4.79 Å². The summed E-state index contributed by atoms with van der Waals surface area (Å²) in [6, 6.07) is 11.8. The number of pyridine rings is 1. The molecular formula is C26H32N4O2. The molecule has 32 heavy (non-hydrogen) atoms. The number of amides is 1. The average molecular weight is 433 g/mol. The van der Waals surface area contributed by atoms with Gasteiger partial charge in [-0.2, -0.15) is 0 Å². The zero-order chi connectivity index (χ0) is 21.9. The van der Waals surface area contributed by atoms with Crippen LogP contribution in [0.1, 0.15) is 54.6 Å². The third kappa shape index (κ3) is 4.42. The topological polar surface area (TPSA) is 62.5 Å². The Kier molecular flexibility index (Phi) is 6.21. The second-order valence-electron chi connectivity index (χ2n) is 9.32. The van der Waals surface area contributed by atoms with Gasteiger partial charge in [-0.15, -0.1) is 0 Å². The molecule has 1 aromatic carbocycles. The fourth-order valence-corrected chi connectivity index (χ4v) is 5.28. The molecule has 0 N–H and O–H groups in total. The van der Waals surface area contributed by atoms with Crippen LogP contribution in [0.3, 0.4) is 0 Å². The molecule has 2 aromatic heterocycles. The number of hydrogen-bond acceptors (Lipinski definition) is 5. The number of carbonyl (C=O) groups is 1. The van der Waals surface area contributed by atoms with E-state index in [9.17, 15) is 4.79 Å². The fraction of sp³-hybridized carbons (Fsp3) is 0.500. The normalized spacial score (nSPS) is 18.7. The second-order valence-corrected chi connectivity index (χ2v) is 9.32. The lowest BCUT2D eigenvalue weighted by atomic mass is 9.89. The van der Waals surface area contributed by atoms with E-state index in [-0.39, 0.29) is 5.91 Å². The summed E-state index contributed by atoms with van der Waals surface area (Å²) in [6.45, 7) is 6.64. The number of hydrogen-bond donors (Lipinski definition) is 0. The van der Waals surface area contributed by atoms with Gasteiger partial charge in [0.05, 0.1) is 22.3 Å². The summed E-state index contributed by atoms with van der Waals surface area (Å²) in [5, 5.41) is 4.83. The maximum Gasteiger partial charge on any atom is 0.259 e. The van der Waals surface area contributed by atoms with Gasteiger partial charge in [0, 0.05) is 31.7 Å². The first-order chi connectivity index (χ1) is 15.7. The molecule has 0 spiro atoms. The minimum atomic E-state index is 0.0559. The van der Waals surface area contributed by atoms with Crippen molar-refractivity contribution in [3.05, 3.63) is 47.7 Å². The van der Waals surface area contributed by atoms with Gasteiger partial charge in [0.15, 0.2) is 0 Å². The van der Waals surface area contributed by atoms with E-state index in [0.717, 1.165) is 55.2 Å². The molecule has 3 aromatic rings. The van der Waals surface area contributed by atoms with E-state index in [2.05, 4.69) is 15.0 Å². The molecule has 2 fully saturated rings. The van der Waals surface area contributed by atoms with Crippen LogP contribution in [0, 0.1) is 12.8 Å². The summed E-state index contributed by atoms with van der Waals surface area (Å²) in [5.74, 6) is 0.888. The number of benzene rings is 1. The lowest BCUT2D eigenvalue weighted by Gasteiger charge is -2.28. The SMILES string of the molecule is Cc1noc2nc(-c3ccccc3)cc(C(=O)N3CCCN(CC4CCCCC4)CC3)c12. The van der Waals surface area contributed by atoms with E-state index < -0.39 is 0 Å². The molecule has 1 amide bonds. The molecule has 2 aliphatic rings. The van der Waals surface area contributed by atoms with Crippen LogP contribution in [-0.2, 0) is 0 Å². The minimum absolute atomic E-state index is 0.0559. The highest BCUT2D eigenvalue weighted by molar-refractivity contribution is 6.07. The standard InChI is InChI=1S/C26H32N4O2/c1-19-24-22(17-23(27-25(24)32-28-19)21-11-6-3-7-12-21)26(31)30-14-8-13-29(15-16-30)18-20-9-4-2-5-10-20/h3,6-7,11-12,17,20H,2,4-5,8-10,13-16,18H2,1H3. The molecule has 0 unspecified atom stereocenters. The van der Waals surface area contributed by atoms with E-state index in [1.807, 2.05) is 48.2 Å². The van der Waals surface area contributed by atoms with Crippen molar-refractivity contribution in [3.63, 3.8) is 0 Å². The van der Waals surface area contributed by atoms with Crippen molar-refractivity contribution in [2.75, 3.05) is 32.7 Å². The van der Waals surface area contributed by atoms with Crippen molar-refractivity contribution in [2.24, 2.45) is 5.92 Å². The smallest absolute Gasteiger partial charge is 0.259 e. The Morgan fingerprint density at radius 3 is 2.66 bits per heavy atom. The van der Waals surface area contributed by atoms with Crippen molar-refractivity contribution in [3.8, 4) is 11.3 Å². The quantitative estimate of drug-likeness (QED) is 0.585. The molecule has 0 bridgehead atoms. The van der Waals surface area contributed by atoms with Crippen LogP contribution in [0.5, 0.6) is 0 Å². The summed E-state index contributed by atoms with van der Waals surface area (Å²) in [5.41, 5.74) is 3.50. The Morgan fingerprint density at radius 2 is 1.84 bits per heavy atom. The zero-order valence-electron chi connectivity index (χ0n) is 18.9. The Bertz CT molecular complexity index is 1070. The molecule has 1 saturated heterocycles. The van der Waals surface area contributed by atoms with Gasteiger partial charge >= 0.3 is 0 Å². The molecule has 1 aliphatic heterocycles. The molecule has 3 heterocycles. The van der Waals surface area contributed by atoms with E-state index in [0.29, 0.717) is 17.0 Å². The summed E-state index contributed by atoms with van der Waals surface area (Å²) in [7, 11) is 0. The van der Waals surface area contributed by atoms with Crippen LogP contribution in [-0.4, -0.2) is 58.6 Å². The van der Waals surface area contributed by atoms with Gasteiger partial charge in [0.1, 0.15) is 0 Å². The average Bonchev–Trinajstić information content (AvgIpc) is 3.06. The molecule has 168 valence electrons. The lowest BCUT2D eigenvalue weighted by Crippen LogP contribution is -2.37. The number of aryl methyl sites for hydroxylation is 1. The largest absolute Gasteiger partial charge is 0.337 e. The fourth-order valence-electron chi connectivity index (χ4n) is 5.28. The highest BCUT2D eigenvalue weighted by Crippen LogP contribution is 2.29. The van der Waals surface area contributed by atoms with Crippen LogP contribution < -0.4 is 0 Å². The molecule has 6 heteroatoms. The molecule has 1 aliphatic carbocycles. The molecule has 5 rings (SSSR count). The van der Waals surface area contributed by atoms with Gasteiger partial charge in [-0.05, 0) is 44.7 Å². The Morgan fingerprint density at radius 1 is 1.03 bits per heavy atom. The number of aromatic nitrogens is 2. The minimum Gasteiger partial charge on any atom is -0.337 e. The summed E-state index contributed by atoms with van der Waals surface area (Å²) in [4.78, 5) is 22.9. The summed E-state index contributed by atoms with van der Waals surface area (Å²) < 4.78 is 5.48. The number of nitrogens with zero attached hydrogens (tertiary/aromatic N) is 4. The first kappa shape index (κ1) is 21.1. The zero-order valence-corrected chi connectivity index (χ0v) is 18.9. The van der Waals surface area contributed by atoms with Crippen molar-refractivity contribution in [2.45, 2.75) is 45.4 Å². The molecule has 6 nitrogen and oxygen atoms in total. The Labute approximate surface area is 189 Å². The first-order valence-corrected chi connectivity index (χ1v) is 12.0. The van der Waals surface area contributed by atoms with Crippen LogP contribution in [0.15, 0.2) is 40.9 Å². The van der Waals surface area contributed by atoms with Crippen LogP contribution in [0.25, 0.3) is 22.4 Å². The van der Waals surface area contributed by atoms with Crippen molar-refractivity contribution in [1.82, 2.24) is 19.9 Å². The highest BCUT2D eigenvalue weighted by Gasteiger charge is 2.26. The van der Waals surface area contributed by atoms with Gasteiger partial charge in [0.2, 0.25) is 0 Å². The van der Waals surface area contributed by atoms with Gasteiger partial charge in [-0.25, -0.2) is 4.98 Å². The maximum absolute atomic E-state index is 13.7. The predicted octanol–water partition coefficient (Wildman–Crippen LogP) is 4.93. The first-order valence-electron chi connectivity index (χ1n) is 12.0. The third-order valence-electron chi connectivity index (χ3n) is 7.03. The third-order valence-corrected chi connectivity index (χ3v) is 7.03. The summed E-state index contributed by atoms with van der Waals surface area (Å²) in [6.07, 6.45) is 7.89. The Balaban J connectivity index is 1.37. The van der Waals surface area contributed by atoms with E-state index in [4.69, 9.17) is 4.52 Å². The highest BCUT2D eigenvalue weighted by atomic mass is 16.5.